The summed E-state index contributed by atoms with van der Waals surface area (Å²) in [5.41, 5.74) is 5.68. The highest BCUT2D eigenvalue weighted by Crippen LogP contribution is 2.30. The van der Waals surface area contributed by atoms with Gasteiger partial charge in [0.25, 0.3) is 11.8 Å². The number of nitrogens with two attached hydrogens (primary N) is 1. The minimum absolute atomic E-state index is 0. The molecule has 0 aliphatic carbocycles. The Hall–Kier alpha value is -2.65. The maximum absolute atomic E-state index is 12.8. The molecule has 3 N–H and O–H groups in total. The predicted octanol–water partition coefficient (Wildman–Crippen LogP) is -0.0699. The van der Waals surface area contributed by atoms with Gasteiger partial charge in [0.2, 0.25) is 11.8 Å². The summed E-state index contributed by atoms with van der Waals surface area (Å²) < 4.78 is 32.5. The Morgan fingerprint density at radius 2 is 1.26 bits per heavy atom. The van der Waals surface area contributed by atoms with E-state index in [1.165, 1.54) is 12.1 Å². The van der Waals surface area contributed by atoms with Crippen LogP contribution in [0.2, 0.25) is 0 Å². The van der Waals surface area contributed by atoms with Crippen molar-refractivity contribution in [2.24, 2.45) is 5.73 Å². The molecule has 1 fully saturated rings. The van der Waals surface area contributed by atoms with E-state index in [9.17, 15) is 19.2 Å². The highest BCUT2D eigenvalue weighted by Gasteiger charge is 2.44. The Labute approximate surface area is 232 Å². The van der Waals surface area contributed by atoms with Gasteiger partial charge in [0.15, 0.2) is 0 Å². The average molecular weight is 574 g/mol. The van der Waals surface area contributed by atoms with Gasteiger partial charge in [-0.1, -0.05) is 0 Å². The molecule has 0 spiro atoms. The molecule has 2 aliphatic rings. The molecule has 4 amide bonds. The van der Waals surface area contributed by atoms with Gasteiger partial charge in [-0.2, -0.15) is 0 Å². The zero-order valence-electron chi connectivity index (χ0n) is 21.7. The normalized spacial score (nSPS) is 16.7. The first-order valence-corrected chi connectivity index (χ1v) is 12.6. The van der Waals surface area contributed by atoms with Crippen molar-refractivity contribution in [1.29, 1.82) is 0 Å². The monoisotopic (exact) mass is 573 g/mol. The Balaban J connectivity index is 0.00000533. The standard InChI is InChI=1S/C25H35N3O10.ClH/c26-5-6-33-7-8-34-9-10-35-11-12-36-13-14-37-15-16-38-18-1-2-19-20(17-18)25(32)28(24(19)31)21-3-4-22(29)27-23(21)30;/h1-2,17,21H,3-16,26H2,(H,27,29,30);1H. The summed E-state index contributed by atoms with van der Waals surface area (Å²) in [6, 6.07) is 3.56. The summed E-state index contributed by atoms with van der Waals surface area (Å²) in [5, 5.41) is 2.17. The molecule has 2 aliphatic heterocycles. The fourth-order valence-corrected chi connectivity index (χ4v) is 3.82. The Kier molecular flexibility index (Phi) is 14.9. The van der Waals surface area contributed by atoms with Crippen LogP contribution in [0.1, 0.15) is 33.6 Å². The maximum Gasteiger partial charge on any atom is 0.262 e. The number of ether oxygens (including phenoxy) is 6. The number of rotatable bonds is 19. The molecule has 1 saturated heterocycles. The van der Waals surface area contributed by atoms with E-state index >= 15 is 0 Å². The number of fused-ring (bicyclic) bond motifs is 1. The second-order valence-electron chi connectivity index (χ2n) is 8.35. The number of nitrogens with one attached hydrogen (secondary N) is 1. The minimum atomic E-state index is -1.00. The number of amides is 4. The van der Waals surface area contributed by atoms with Crippen molar-refractivity contribution in [1.82, 2.24) is 10.2 Å². The molecule has 13 nitrogen and oxygen atoms in total. The first-order valence-electron chi connectivity index (χ1n) is 12.6. The molecule has 14 heteroatoms. The van der Waals surface area contributed by atoms with Crippen molar-refractivity contribution in [3.8, 4) is 5.75 Å². The molecule has 39 heavy (non-hydrogen) atoms. The lowest BCUT2D eigenvalue weighted by Gasteiger charge is -2.27. The minimum Gasteiger partial charge on any atom is -0.491 e. The molecular formula is C25H36ClN3O10. The van der Waals surface area contributed by atoms with E-state index in [0.29, 0.717) is 78.4 Å². The van der Waals surface area contributed by atoms with E-state index in [1.54, 1.807) is 6.07 Å². The van der Waals surface area contributed by atoms with Gasteiger partial charge >= 0.3 is 0 Å². The lowest BCUT2D eigenvalue weighted by Crippen LogP contribution is -2.54. The number of carbonyl (C=O) groups excluding carboxylic acids is 4. The van der Waals surface area contributed by atoms with Gasteiger partial charge in [-0.15, -0.1) is 12.4 Å². The highest BCUT2D eigenvalue weighted by molar-refractivity contribution is 6.23. The van der Waals surface area contributed by atoms with Crippen molar-refractivity contribution < 1.29 is 47.6 Å². The zero-order chi connectivity index (χ0) is 27.2. The van der Waals surface area contributed by atoms with Gasteiger partial charge in [0.05, 0.1) is 77.2 Å². The summed E-state index contributed by atoms with van der Waals surface area (Å²) in [6.07, 6.45) is 0.175. The number of hydrogen-bond donors (Lipinski definition) is 2. The molecule has 1 unspecified atom stereocenters. The number of carbonyl (C=O) groups is 4. The number of nitrogens with zero attached hydrogens (tertiary/aromatic N) is 1. The first kappa shape index (κ1) is 32.6. The van der Waals surface area contributed by atoms with Crippen molar-refractivity contribution >= 4 is 36.0 Å². The number of hydrogen-bond acceptors (Lipinski definition) is 11. The zero-order valence-corrected chi connectivity index (χ0v) is 22.5. The number of imide groups is 2. The van der Waals surface area contributed by atoms with Gasteiger partial charge in [0, 0.05) is 13.0 Å². The van der Waals surface area contributed by atoms with E-state index in [-0.39, 0.29) is 43.0 Å². The quantitative estimate of drug-likeness (QED) is 0.168. The van der Waals surface area contributed by atoms with Gasteiger partial charge in [0.1, 0.15) is 18.4 Å². The SMILES string of the molecule is Cl.NCCOCCOCCOCCOCCOCCOc1ccc2c(c1)C(=O)N(C1CCC(=O)NC1=O)C2=O. The predicted molar refractivity (Wildman–Crippen MR) is 139 cm³/mol. The second-order valence-corrected chi connectivity index (χ2v) is 8.35. The fraction of sp³-hybridized carbons (Fsp3) is 0.600. The van der Waals surface area contributed by atoms with Crippen LogP contribution in [0, 0.1) is 0 Å². The van der Waals surface area contributed by atoms with E-state index in [2.05, 4.69) is 5.32 Å². The molecule has 1 atom stereocenters. The molecule has 1 aromatic carbocycles. The summed E-state index contributed by atoms with van der Waals surface area (Å²) in [4.78, 5) is 50.0. The number of halogens is 1. The van der Waals surface area contributed by atoms with Gasteiger partial charge in [-0.25, -0.2) is 0 Å². The largest absolute Gasteiger partial charge is 0.491 e. The van der Waals surface area contributed by atoms with E-state index in [1.807, 2.05) is 0 Å². The second kappa shape index (κ2) is 17.8. The first-order chi connectivity index (χ1) is 18.5. The fourth-order valence-electron chi connectivity index (χ4n) is 3.82. The van der Waals surface area contributed by atoms with Crippen molar-refractivity contribution in [2.45, 2.75) is 18.9 Å². The smallest absolute Gasteiger partial charge is 0.262 e. The van der Waals surface area contributed by atoms with Crippen LogP contribution in [0.25, 0.3) is 0 Å². The van der Waals surface area contributed by atoms with E-state index in [4.69, 9.17) is 34.2 Å². The summed E-state index contributed by atoms with van der Waals surface area (Å²) in [5.74, 6) is -1.80. The molecule has 0 aromatic heterocycles. The molecular weight excluding hydrogens is 538 g/mol. The van der Waals surface area contributed by atoms with E-state index in [0.717, 1.165) is 4.90 Å². The maximum atomic E-state index is 12.8. The molecule has 0 radical (unpaired) electrons. The molecule has 218 valence electrons. The third-order valence-corrected chi connectivity index (χ3v) is 5.66. The molecule has 0 saturated carbocycles. The van der Waals surface area contributed by atoms with Crippen LogP contribution >= 0.6 is 12.4 Å². The van der Waals surface area contributed by atoms with Crippen LogP contribution in [-0.4, -0.2) is 114 Å². The van der Waals surface area contributed by atoms with Crippen molar-refractivity contribution in [3.05, 3.63) is 29.3 Å². The Morgan fingerprint density at radius 3 is 1.79 bits per heavy atom. The molecule has 1 aromatic rings. The molecule has 2 heterocycles. The van der Waals surface area contributed by atoms with Gasteiger partial charge < -0.3 is 34.2 Å². The summed E-state index contributed by atoms with van der Waals surface area (Å²) >= 11 is 0. The number of piperidine rings is 1. The Morgan fingerprint density at radius 1 is 0.744 bits per heavy atom. The van der Waals surface area contributed by atoms with E-state index < -0.39 is 29.7 Å². The summed E-state index contributed by atoms with van der Waals surface area (Å²) in [7, 11) is 0. The lowest BCUT2D eigenvalue weighted by atomic mass is 10.0. The van der Waals surface area contributed by atoms with Gasteiger partial charge in [-0.05, 0) is 24.6 Å². The topological polar surface area (TPSA) is 165 Å². The van der Waals surface area contributed by atoms with Crippen LogP contribution in [0.15, 0.2) is 18.2 Å². The summed E-state index contributed by atoms with van der Waals surface area (Å²) in [6.45, 7) is 5.25. The van der Waals surface area contributed by atoms with Crippen molar-refractivity contribution in [3.63, 3.8) is 0 Å². The van der Waals surface area contributed by atoms with Crippen LogP contribution in [0.3, 0.4) is 0 Å². The third kappa shape index (κ3) is 10.1. The van der Waals surface area contributed by atoms with Crippen LogP contribution < -0.4 is 15.8 Å². The van der Waals surface area contributed by atoms with Crippen LogP contribution in [-0.2, 0) is 33.3 Å². The number of benzene rings is 1. The highest BCUT2D eigenvalue weighted by atomic mass is 35.5. The van der Waals surface area contributed by atoms with Crippen LogP contribution in [0.4, 0.5) is 0 Å². The molecule has 0 bridgehead atoms. The molecule has 3 rings (SSSR count). The Bertz CT molecular complexity index is 964. The van der Waals surface area contributed by atoms with Crippen molar-refractivity contribution in [2.75, 3.05) is 79.2 Å². The lowest BCUT2D eigenvalue weighted by molar-refractivity contribution is -0.136. The third-order valence-electron chi connectivity index (χ3n) is 5.66. The van der Waals surface area contributed by atoms with Gasteiger partial charge in [-0.3, -0.25) is 29.4 Å². The average Bonchev–Trinajstić information content (AvgIpc) is 3.15. The van der Waals surface area contributed by atoms with Crippen LogP contribution in [0.5, 0.6) is 5.75 Å².